The van der Waals surface area contributed by atoms with Crippen LogP contribution in [-0.4, -0.2) is 19.1 Å². The monoisotopic (exact) mass is 242 g/mol. The molecule has 0 bridgehead atoms. The van der Waals surface area contributed by atoms with Crippen molar-refractivity contribution in [2.45, 2.75) is 19.4 Å². The number of rotatable bonds is 2. The first-order valence-corrected chi connectivity index (χ1v) is 5.74. The van der Waals surface area contributed by atoms with Crippen LogP contribution in [0.1, 0.15) is 12.5 Å². The first kappa shape index (κ1) is 12.2. The van der Waals surface area contributed by atoms with Crippen LogP contribution in [0.2, 0.25) is 0 Å². The fourth-order valence-corrected chi connectivity index (χ4v) is 2.16. The maximum absolute atomic E-state index is 11.4. The average Bonchev–Trinajstić information content (AvgIpc) is 2.71. The number of esters is 1. The third-order valence-corrected chi connectivity index (χ3v) is 3.05. The van der Waals surface area contributed by atoms with E-state index in [1.54, 1.807) is 6.20 Å². The van der Waals surface area contributed by atoms with Gasteiger partial charge in [-0.05, 0) is 25.0 Å². The summed E-state index contributed by atoms with van der Waals surface area (Å²) in [4.78, 5) is 13.4. The maximum atomic E-state index is 11.4. The molecule has 4 heteroatoms. The molecule has 2 rings (SSSR count). The molecule has 0 amide bonds. The van der Waals surface area contributed by atoms with Crippen molar-refractivity contribution in [1.82, 2.24) is 0 Å². The van der Waals surface area contributed by atoms with Crippen LogP contribution < -0.4 is 4.90 Å². The highest BCUT2D eigenvalue weighted by molar-refractivity contribution is 5.93. The molecule has 1 aromatic carbocycles. The molecule has 1 heterocycles. The minimum absolute atomic E-state index is 0.0149. The third kappa shape index (κ3) is 2.07. The molecule has 92 valence electrons. The molecule has 0 aliphatic carbocycles. The minimum Gasteiger partial charge on any atom is -0.465 e. The number of hydrogen-bond donors (Lipinski definition) is 0. The third-order valence-electron chi connectivity index (χ3n) is 3.05. The average molecular weight is 242 g/mol. The Bertz CT molecular complexity index is 543. The van der Waals surface area contributed by atoms with Gasteiger partial charge in [-0.25, -0.2) is 4.79 Å². The van der Waals surface area contributed by atoms with E-state index in [0.717, 1.165) is 12.1 Å². The number of ether oxygens (including phenoxy) is 1. The summed E-state index contributed by atoms with van der Waals surface area (Å²) in [6, 6.07) is 10.1. The Morgan fingerprint density at radius 3 is 2.94 bits per heavy atom. The molecule has 1 atom stereocenters. The summed E-state index contributed by atoms with van der Waals surface area (Å²) in [5, 5.41) is 8.98. The van der Waals surface area contributed by atoms with Gasteiger partial charge in [0.2, 0.25) is 0 Å². The molecule has 0 radical (unpaired) electrons. The predicted octanol–water partition coefficient (Wildman–Crippen LogP) is 2.02. The van der Waals surface area contributed by atoms with Gasteiger partial charge in [-0.2, -0.15) is 5.26 Å². The summed E-state index contributed by atoms with van der Waals surface area (Å²) in [6.45, 7) is 2.06. The number of carbonyl (C=O) groups is 1. The second-order valence-electron chi connectivity index (χ2n) is 4.24. The molecule has 0 N–H and O–H groups in total. The summed E-state index contributed by atoms with van der Waals surface area (Å²) >= 11 is 0. The van der Waals surface area contributed by atoms with Crippen LogP contribution in [0.3, 0.4) is 0 Å². The normalized spacial score (nSPS) is 18.2. The highest BCUT2D eigenvalue weighted by atomic mass is 16.5. The molecule has 1 unspecified atom stereocenters. The zero-order valence-corrected chi connectivity index (χ0v) is 10.4. The number of nitriles is 1. The van der Waals surface area contributed by atoms with Crippen molar-refractivity contribution in [2.75, 3.05) is 12.0 Å². The molecule has 1 aromatic rings. The summed E-state index contributed by atoms with van der Waals surface area (Å²) in [5.74, 6) is -0.603. The number of methoxy groups -OCH3 is 1. The number of para-hydroxylation sites is 1. The van der Waals surface area contributed by atoms with Crippen molar-refractivity contribution in [1.29, 1.82) is 5.26 Å². The van der Waals surface area contributed by atoms with Crippen LogP contribution in [0, 0.1) is 11.3 Å². The van der Waals surface area contributed by atoms with E-state index in [2.05, 4.69) is 17.7 Å². The van der Waals surface area contributed by atoms with Gasteiger partial charge in [0.05, 0.1) is 7.11 Å². The number of benzene rings is 1. The summed E-state index contributed by atoms with van der Waals surface area (Å²) < 4.78 is 4.58. The molecule has 0 saturated carbocycles. The number of hydrogen-bond acceptors (Lipinski definition) is 4. The molecule has 4 nitrogen and oxygen atoms in total. The largest absolute Gasteiger partial charge is 0.465 e. The van der Waals surface area contributed by atoms with Crippen LogP contribution in [-0.2, 0) is 16.0 Å². The molecule has 0 spiro atoms. The van der Waals surface area contributed by atoms with E-state index in [-0.39, 0.29) is 11.6 Å². The smallest absolute Gasteiger partial charge is 0.350 e. The number of fused-ring (bicyclic) bond motifs is 1. The van der Waals surface area contributed by atoms with Crippen molar-refractivity contribution in [3.05, 3.63) is 41.6 Å². The highest BCUT2D eigenvalue weighted by Gasteiger charge is 2.25. The second-order valence-corrected chi connectivity index (χ2v) is 4.24. The SMILES string of the molecule is COC(=O)/C(C#N)=C/N1c2ccccc2CC1C. The van der Waals surface area contributed by atoms with E-state index in [1.165, 1.54) is 12.7 Å². The topological polar surface area (TPSA) is 53.3 Å². The molecular weight excluding hydrogens is 228 g/mol. The first-order valence-electron chi connectivity index (χ1n) is 5.74. The number of carbonyl (C=O) groups excluding carboxylic acids is 1. The Morgan fingerprint density at radius 2 is 2.28 bits per heavy atom. The Labute approximate surface area is 106 Å². The van der Waals surface area contributed by atoms with E-state index >= 15 is 0 Å². The van der Waals surface area contributed by atoms with Crippen molar-refractivity contribution < 1.29 is 9.53 Å². The van der Waals surface area contributed by atoms with E-state index in [4.69, 9.17) is 5.26 Å². The molecule has 1 aliphatic rings. The van der Waals surface area contributed by atoms with Gasteiger partial charge in [0.1, 0.15) is 6.07 Å². The second kappa shape index (κ2) is 4.92. The van der Waals surface area contributed by atoms with Crippen LogP contribution in [0.25, 0.3) is 0 Å². The van der Waals surface area contributed by atoms with E-state index < -0.39 is 5.97 Å². The highest BCUT2D eigenvalue weighted by Crippen LogP contribution is 2.32. The van der Waals surface area contributed by atoms with Gasteiger partial charge in [-0.3, -0.25) is 0 Å². The molecule has 0 saturated heterocycles. The van der Waals surface area contributed by atoms with Crippen LogP contribution in [0.4, 0.5) is 5.69 Å². The fraction of sp³-hybridized carbons (Fsp3) is 0.286. The first-order chi connectivity index (χ1) is 8.67. The number of anilines is 1. The van der Waals surface area contributed by atoms with Crippen molar-refractivity contribution >= 4 is 11.7 Å². The Balaban J connectivity index is 2.37. The van der Waals surface area contributed by atoms with Crippen LogP contribution >= 0.6 is 0 Å². The molecule has 18 heavy (non-hydrogen) atoms. The molecular formula is C14H14N2O2. The van der Waals surface area contributed by atoms with Crippen LogP contribution in [0.5, 0.6) is 0 Å². The van der Waals surface area contributed by atoms with Gasteiger partial charge in [0.25, 0.3) is 0 Å². The summed E-state index contributed by atoms with van der Waals surface area (Å²) in [6.07, 6.45) is 2.48. The zero-order chi connectivity index (χ0) is 13.1. The molecule has 0 fully saturated rings. The van der Waals surface area contributed by atoms with E-state index in [1.807, 2.05) is 29.2 Å². The van der Waals surface area contributed by atoms with Crippen molar-refractivity contribution in [2.24, 2.45) is 0 Å². The Morgan fingerprint density at radius 1 is 1.56 bits per heavy atom. The number of nitrogens with zero attached hydrogens (tertiary/aromatic N) is 2. The van der Waals surface area contributed by atoms with Gasteiger partial charge >= 0.3 is 5.97 Å². The van der Waals surface area contributed by atoms with Crippen molar-refractivity contribution in [3.8, 4) is 6.07 Å². The van der Waals surface area contributed by atoms with Gasteiger partial charge in [0.15, 0.2) is 5.57 Å². The summed E-state index contributed by atoms with van der Waals surface area (Å²) in [5.41, 5.74) is 2.28. The van der Waals surface area contributed by atoms with E-state index in [9.17, 15) is 4.79 Å². The minimum atomic E-state index is -0.603. The molecule has 0 aromatic heterocycles. The maximum Gasteiger partial charge on any atom is 0.350 e. The molecule has 1 aliphatic heterocycles. The van der Waals surface area contributed by atoms with Crippen LogP contribution in [0.15, 0.2) is 36.0 Å². The predicted molar refractivity (Wildman–Crippen MR) is 67.8 cm³/mol. The fourth-order valence-electron chi connectivity index (χ4n) is 2.16. The standard InChI is InChI=1S/C14H14N2O2/c1-10-7-11-5-3-4-6-13(11)16(10)9-12(8-15)14(17)18-2/h3-6,9-10H,7H2,1-2H3/b12-9+. The zero-order valence-electron chi connectivity index (χ0n) is 10.4. The Kier molecular flexibility index (Phi) is 3.33. The van der Waals surface area contributed by atoms with Gasteiger partial charge < -0.3 is 9.64 Å². The lowest BCUT2D eigenvalue weighted by molar-refractivity contribution is -0.135. The lowest BCUT2D eigenvalue weighted by Crippen LogP contribution is -2.24. The summed E-state index contributed by atoms with van der Waals surface area (Å²) in [7, 11) is 1.27. The Hall–Kier alpha value is -2.28. The lowest BCUT2D eigenvalue weighted by atomic mass is 10.1. The van der Waals surface area contributed by atoms with Gasteiger partial charge in [-0.1, -0.05) is 18.2 Å². The van der Waals surface area contributed by atoms with E-state index in [0.29, 0.717) is 0 Å². The van der Waals surface area contributed by atoms with Gasteiger partial charge in [0, 0.05) is 17.9 Å². The van der Waals surface area contributed by atoms with Gasteiger partial charge in [-0.15, -0.1) is 0 Å². The lowest BCUT2D eigenvalue weighted by Gasteiger charge is -2.20. The van der Waals surface area contributed by atoms with Crippen molar-refractivity contribution in [3.63, 3.8) is 0 Å². The quantitative estimate of drug-likeness (QED) is 0.452.